The molecule has 3 saturated heterocycles. The first-order valence-electron chi connectivity index (χ1n) is 14.8. The Hall–Kier alpha value is -3.28. The van der Waals surface area contributed by atoms with E-state index in [1.807, 2.05) is 0 Å². The molecule has 1 unspecified atom stereocenters. The molecule has 2 atom stereocenters. The number of halogens is 3. The van der Waals surface area contributed by atoms with Crippen molar-refractivity contribution in [3.05, 3.63) is 41.9 Å². The van der Waals surface area contributed by atoms with Crippen LogP contribution in [0.4, 0.5) is 23.9 Å². The van der Waals surface area contributed by atoms with Gasteiger partial charge in [-0.15, -0.1) is 0 Å². The third kappa shape index (κ3) is 7.10. The van der Waals surface area contributed by atoms with Gasteiger partial charge in [0.25, 0.3) is 0 Å². The van der Waals surface area contributed by atoms with Crippen LogP contribution in [0.15, 0.2) is 30.6 Å². The van der Waals surface area contributed by atoms with Gasteiger partial charge in [-0.25, -0.2) is 18.2 Å². The van der Waals surface area contributed by atoms with Crippen LogP contribution in [0, 0.1) is 0 Å². The van der Waals surface area contributed by atoms with Crippen LogP contribution in [-0.4, -0.2) is 102 Å². The number of piperazine rings is 1. The summed E-state index contributed by atoms with van der Waals surface area (Å²) < 4.78 is 87.7. The van der Waals surface area contributed by atoms with E-state index in [2.05, 4.69) is 25.6 Å². The van der Waals surface area contributed by atoms with Gasteiger partial charge in [0.1, 0.15) is 17.3 Å². The first kappa shape index (κ1) is 33.1. The second kappa shape index (κ2) is 12.8. The summed E-state index contributed by atoms with van der Waals surface area (Å²) in [5, 5.41) is 6.17. The number of nitrogens with zero attached hydrogens (tertiary/aromatic N) is 5. The fraction of sp³-hybridized carbons (Fsp3) is 0.643. The van der Waals surface area contributed by atoms with E-state index in [-0.39, 0.29) is 50.5 Å². The number of pyridine rings is 1. The highest BCUT2D eigenvalue weighted by atomic mass is 32.2. The number of hydrogen-bond donors (Lipinski definition) is 2. The number of ether oxygens (including phenoxy) is 3. The number of sulfonamides is 1. The molecule has 2 N–H and O–H groups in total. The molecule has 248 valence electrons. The highest BCUT2D eigenvalue weighted by molar-refractivity contribution is 7.90. The van der Waals surface area contributed by atoms with E-state index in [0.717, 1.165) is 0 Å². The van der Waals surface area contributed by atoms with Crippen LogP contribution in [0.2, 0.25) is 0 Å². The van der Waals surface area contributed by atoms with Crippen LogP contribution in [0.1, 0.15) is 51.3 Å². The minimum Gasteiger partial charge on any atom is -0.471 e. The predicted molar refractivity (Wildman–Crippen MR) is 156 cm³/mol. The van der Waals surface area contributed by atoms with E-state index in [0.29, 0.717) is 38.6 Å². The second-order valence-corrected chi connectivity index (χ2v) is 14.3. The average molecular weight is 658 g/mol. The number of piperidine rings is 1. The lowest BCUT2D eigenvalue weighted by Crippen LogP contribution is -2.68. The van der Waals surface area contributed by atoms with Crippen LogP contribution in [-0.2, 0) is 30.5 Å². The molecule has 45 heavy (non-hydrogen) atoms. The van der Waals surface area contributed by atoms with Gasteiger partial charge < -0.3 is 24.8 Å². The van der Waals surface area contributed by atoms with Crippen molar-refractivity contribution in [2.75, 3.05) is 51.3 Å². The van der Waals surface area contributed by atoms with Gasteiger partial charge in [0, 0.05) is 57.6 Å². The molecule has 13 nitrogen and oxygen atoms in total. The average Bonchev–Trinajstić information content (AvgIpc) is 3.49. The van der Waals surface area contributed by atoms with Crippen molar-refractivity contribution in [3.63, 3.8) is 0 Å². The Labute approximate surface area is 259 Å². The fourth-order valence-electron chi connectivity index (χ4n) is 5.59. The van der Waals surface area contributed by atoms with Crippen LogP contribution in [0.3, 0.4) is 0 Å². The van der Waals surface area contributed by atoms with Crippen LogP contribution in [0.5, 0.6) is 5.88 Å². The van der Waals surface area contributed by atoms with Gasteiger partial charge >= 0.3 is 12.3 Å². The van der Waals surface area contributed by atoms with Crippen molar-refractivity contribution < 1.29 is 40.6 Å². The van der Waals surface area contributed by atoms with Gasteiger partial charge in [0.15, 0.2) is 0 Å². The number of hydrogen-bond acceptors (Lipinski definition) is 11. The van der Waals surface area contributed by atoms with E-state index in [1.54, 1.807) is 39.0 Å². The summed E-state index contributed by atoms with van der Waals surface area (Å²) >= 11 is 0. The summed E-state index contributed by atoms with van der Waals surface area (Å²) in [5.74, 6) is -0.643. The van der Waals surface area contributed by atoms with Gasteiger partial charge in [-0.1, -0.05) is 6.07 Å². The number of nitrogens with one attached hydrogen (secondary N) is 2. The predicted octanol–water partition coefficient (Wildman–Crippen LogP) is 2.96. The number of anilines is 1. The number of carbonyl (C=O) groups is 1. The fourth-order valence-corrected chi connectivity index (χ4v) is 7.82. The summed E-state index contributed by atoms with van der Waals surface area (Å²) in [5.41, 5.74) is -1.76. The Kier molecular flexibility index (Phi) is 9.45. The van der Waals surface area contributed by atoms with Crippen molar-refractivity contribution in [1.82, 2.24) is 29.5 Å². The van der Waals surface area contributed by atoms with Gasteiger partial charge in [-0.3, -0.25) is 9.88 Å². The summed E-state index contributed by atoms with van der Waals surface area (Å²) in [6, 6.07) is 4.57. The largest absolute Gasteiger partial charge is 0.471 e. The maximum absolute atomic E-state index is 14.6. The molecule has 0 aromatic carbocycles. The summed E-state index contributed by atoms with van der Waals surface area (Å²) in [6.45, 7) is 6.15. The Morgan fingerprint density at radius 1 is 1.13 bits per heavy atom. The Balaban J connectivity index is 1.36. The summed E-state index contributed by atoms with van der Waals surface area (Å²) in [7, 11) is -4.27. The Morgan fingerprint density at radius 2 is 1.89 bits per heavy atom. The van der Waals surface area contributed by atoms with Crippen LogP contribution >= 0.6 is 0 Å². The SMILES string of the molecule is CC(C)(C)OC(=O)N1CCNCC1(c1ccccn1)S(=O)(=O)N1CCC(Nc2ncc(C(F)(F)F)c(O[C@H]3CCOC3)n2)CC1. The van der Waals surface area contributed by atoms with Crippen molar-refractivity contribution in [1.29, 1.82) is 0 Å². The van der Waals surface area contributed by atoms with Crippen LogP contribution < -0.4 is 15.4 Å². The molecule has 0 spiro atoms. The lowest BCUT2D eigenvalue weighted by molar-refractivity contribution is -0.139. The Morgan fingerprint density at radius 3 is 2.51 bits per heavy atom. The van der Waals surface area contributed by atoms with Gasteiger partial charge in [0.05, 0.1) is 18.9 Å². The molecule has 17 heteroatoms. The minimum absolute atomic E-state index is 0.0595. The minimum atomic E-state index is -4.71. The zero-order valence-corrected chi connectivity index (χ0v) is 26.2. The molecule has 0 bridgehead atoms. The molecule has 2 aromatic heterocycles. The number of amides is 1. The topological polar surface area (TPSA) is 148 Å². The molecular formula is C28H38F3N7O6S. The zero-order chi connectivity index (χ0) is 32.5. The third-order valence-corrected chi connectivity index (χ3v) is 10.2. The van der Waals surface area contributed by atoms with Crippen molar-refractivity contribution in [2.24, 2.45) is 0 Å². The highest BCUT2D eigenvalue weighted by Crippen LogP contribution is 2.40. The monoisotopic (exact) mass is 657 g/mol. The maximum Gasteiger partial charge on any atom is 0.423 e. The second-order valence-electron chi connectivity index (χ2n) is 12.1. The standard InChI is InChI=1S/C28H38F3N7O6S/c1-26(2,3)44-25(39)38-14-11-32-18-27(38,22-6-4-5-10-33-22)45(40,41)37-12-7-19(8-13-37)35-24-34-16-21(28(29,30)31)23(36-24)43-20-9-15-42-17-20/h4-6,10,16,19-20,32H,7-9,11-15,17-18H2,1-3H3,(H,34,35,36)/t20-,27?/m0/s1. The number of rotatable bonds is 7. The van der Waals surface area contributed by atoms with Gasteiger partial charge in [0.2, 0.25) is 26.7 Å². The highest BCUT2D eigenvalue weighted by Gasteiger charge is 2.58. The normalized spacial score (nSPS) is 24.0. The molecule has 3 fully saturated rings. The molecule has 5 heterocycles. The number of alkyl halides is 3. The molecule has 1 amide bonds. The lowest BCUT2D eigenvalue weighted by atomic mass is 10.1. The maximum atomic E-state index is 14.6. The molecule has 0 radical (unpaired) electrons. The lowest BCUT2D eigenvalue weighted by Gasteiger charge is -2.48. The van der Waals surface area contributed by atoms with E-state index in [9.17, 15) is 26.4 Å². The summed E-state index contributed by atoms with van der Waals surface area (Å²) in [6.07, 6.45) is -2.83. The van der Waals surface area contributed by atoms with Crippen LogP contribution in [0.25, 0.3) is 0 Å². The first-order chi connectivity index (χ1) is 21.2. The molecule has 5 rings (SSSR count). The first-order valence-corrected chi connectivity index (χ1v) is 16.2. The van der Waals surface area contributed by atoms with Crippen molar-refractivity contribution >= 4 is 22.1 Å². The van der Waals surface area contributed by atoms with Crippen molar-refractivity contribution in [3.8, 4) is 5.88 Å². The number of carbonyl (C=O) groups excluding carboxylic acids is 1. The molecule has 3 aliphatic rings. The van der Waals surface area contributed by atoms with E-state index in [4.69, 9.17) is 14.2 Å². The Bertz CT molecular complexity index is 1450. The molecule has 2 aromatic rings. The van der Waals surface area contributed by atoms with Gasteiger partial charge in [-0.05, 0) is 45.7 Å². The quantitative estimate of drug-likeness (QED) is 0.453. The molecule has 0 saturated carbocycles. The molecule has 3 aliphatic heterocycles. The summed E-state index contributed by atoms with van der Waals surface area (Å²) in [4.78, 5) is 25.1. The molecular weight excluding hydrogens is 619 g/mol. The van der Waals surface area contributed by atoms with E-state index < -0.39 is 50.3 Å². The van der Waals surface area contributed by atoms with E-state index in [1.165, 1.54) is 15.4 Å². The third-order valence-electron chi connectivity index (χ3n) is 7.77. The van der Waals surface area contributed by atoms with Gasteiger partial charge in [-0.2, -0.15) is 22.5 Å². The van der Waals surface area contributed by atoms with E-state index >= 15 is 0 Å². The zero-order valence-electron chi connectivity index (χ0n) is 25.3. The number of aromatic nitrogens is 3. The smallest absolute Gasteiger partial charge is 0.423 e. The molecule has 0 aliphatic carbocycles. The van der Waals surface area contributed by atoms with Crippen molar-refractivity contribution in [2.45, 2.75) is 68.8 Å².